The van der Waals surface area contributed by atoms with Gasteiger partial charge in [-0.15, -0.1) is 16.8 Å². The lowest BCUT2D eigenvalue weighted by atomic mass is 10.2. The molecule has 0 aliphatic rings. The number of amides is 1. The van der Waals surface area contributed by atoms with E-state index < -0.39 is 0 Å². The van der Waals surface area contributed by atoms with Crippen molar-refractivity contribution in [3.05, 3.63) is 60.1 Å². The van der Waals surface area contributed by atoms with Crippen molar-refractivity contribution in [2.75, 3.05) is 25.3 Å². The average Bonchev–Trinajstić information content (AvgIpc) is 3.16. The van der Waals surface area contributed by atoms with Gasteiger partial charge in [-0.25, -0.2) is 0 Å². The average molecular weight is 445 g/mol. The van der Waals surface area contributed by atoms with Gasteiger partial charge in [0, 0.05) is 24.2 Å². The first-order chi connectivity index (χ1) is 14.6. The van der Waals surface area contributed by atoms with Crippen molar-refractivity contribution < 1.29 is 14.3 Å². The van der Waals surface area contributed by atoms with Gasteiger partial charge in [-0.1, -0.05) is 59.8 Å². The Labute approximate surface area is 184 Å². The van der Waals surface area contributed by atoms with Crippen molar-refractivity contribution in [1.29, 1.82) is 0 Å². The van der Waals surface area contributed by atoms with Crippen molar-refractivity contribution in [3.8, 4) is 22.9 Å². The van der Waals surface area contributed by atoms with Crippen LogP contribution in [0.2, 0.25) is 5.02 Å². The fourth-order valence-corrected chi connectivity index (χ4v) is 3.74. The van der Waals surface area contributed by atoms with Crippen LogP contribution in [0.25, 0.3) is 11.4 Å². The van der Waals surface area contributed by atoms with E-state index in [1.165, 1.54) is 26.0 Å². The topological polar surface area (TPSA) is 78.3 Å². The summed E-state index contributed by atoms with van der Waals surface area (Å²) in [5, 5.41) is 12.4. The van der Waals surface area contributed by atoms with Gasteiger partial charge in [0.25, 0.3) is 0 Å². The fraction of sp³-hybridized carbons (Fsp3) is 0.190. The Hall–Kier alpha value is -2.97. The molecule has 1 heterocycles. The number of nitrogens with zero attached hydrogens (tertiary/aromatic N) is 3. The number of nitrogens with one attached hydrogen (secondary N) is 1. The highest BCUT2D eigenvalue weighted by atomic mass is 35.5. The molecule has 0 unspecified atom stereocenters. The Kier molecular flexibility index (Phi) is 7.37. The molecule has 30 heavy (non-hydrogen) atoms. The Morgan fingerprint density at radius 1 is 1.20 bits per heavy atom. The number of aromatic nitrogens is 3. The highest BCUT2D eigenvalue weighted by molar-refractivity contribution is 7.99. The monoisotopic (exact) mass is 444 g/mol. The van der Waals surface area contributed by atoms with Crippen molar-refractivity contribution in [1.82, 2.24) is 14.8 Å². The molecule has 3 aromatic rings. The molecule has 0 spiro atoms. The second kappa shape index (κ2) is 10.2. The smallest absolute Gasteiger partial charge is 0.234 e. The van der Waals surface area contributed by atoms with E-state index in [9.17, 15) is 4.79 Å². The molecule has 0 saturated heterocycles. The first-order valence-corrected chi connectivity index (χ1v) is 10.4. The van der Waals surface area contributed by atoms with Gasteiger partial charge in [0.15, 0.2) is 11.0 Å². The summed E-state index contributed by atoms with van der Waals surface area (Å²) in [6.07, 6.45) is 1.77. The highest BCUT2D eigenvalue weighted by Crippen LogP contribution is 2.36. The van der Waals surface area contributed by atoms with Gasteiger partial charge >= 0.3 is 0 Å². The lowest BCUT2D eigenvalue weighted by molar-refractivity contribution is -0.113. The number of hydrogen-bond acceptors (Lipinski definition) is 6. The summed E-state index contributed by atoms with van der Waals surface area (Å²) in [5.41, 5.74) is 1.42. The number of thioether (sulfide) groups is 1. The number of rotatable bonds is 9. The van der Waals surface area contributed by atoms with Crippen LogP contribution in [-0.4, -0.2) is 40.6 Å². The number of methoxy groups -OCH3 is 2. The first kappa shape index (κ1) is 21.7. The van der Waals surface area contributed by atoms with E-state index in [0.717, 1.165) is 11.4 Å². The van der Waals surface area contributed by atoms with Crippen LogP contribution in [0.4, 0.5) is 5.69 Å². The quantitative estimate of drug-likeness (QED) is 0.386. The number of benzene rings is 2. The van der Waals surface area contributed by atoms with Crippen molar-refractivity contribution in [2.24, 2.45) is 0 Å². The van der Waals surface area contributed by atoms with E-state index in [-0.39, 0.29) is 11.7 Å². The molecule has 0 radical (unpaired) electrons. The minimum Gasteiger partial charge on any atom is -0.495 e. The van der Waals surface area contributed by atoms with Crippen molar-refractivity contribution in [3.63, 3.8) is 0 Å². The van der Waals surface area contributed by atoms with Gasteiger partial charge in [-0.3, -0.25) is 9.36 Å². The van der Waals surface area contributed by atoms with Gasteiger partial charge in [0.1, 0.15) is 11.5 Å². The maximum absolute atomic E-state index is 12.5. The summed E-state index contributed by atoms with van der Waals surface area (Å²) in [5.74, 6) is 1.52. The number of allylic oxidation sites excluding steroid dienone is 1. The third-order valence-electron chi connectivity index (χ3n) is 4.14. The number of hydrogen-bond donors (Lipinski definition) is 1. The molecule has 1 N–H and O–H groups in total. The van der Waals surface area contributed by atoms with E-state index in [1.807, 2.05) is 34.9 Å². The van der Waals surface area contributed by atoms with Crippen LogP contribution in [0.3, 0.4) is 0 Å². The SMILES string of the molecule is C=CCn1c(SCC(=O)Nc2cc(OC)c(Cl)cc2OC)nnc1-c1ccccc1. The number of halogens is 1. The predicted octanol–water partition coefficient (Wildman–Crippen LogP) is 4.53. The summed E-state index contributed by atoms with van der Waals surface area (Å²) >= 11 is 7.40. The molecule has 9 heteroatoms. The Morgan fingerprint density at radius 2 is 1.93 bits per heavy atom. The van der Waals surface area contributed by atoms with E-state index in [0.29, 0.717) is 33.9 Å². The van der Waals surface area contributed by atoms with Crippen LogP contribution in [0.1, 0.15) is 0 Å². The Bertz CT molecular complexity index is 1040. The third kappa shape index (κ3) is 4.95. The van der Waals surface area contributed by atoms with Gasteiger partial charge in [-0.05, 0) is 0 Å². The lowest BCUT2D eigenvalue weighted by Gasteiger charge is -2.13. The molecule has 7 nitrogen and oxygen atoms in total. The molecule has 1 amide bonds. The lowest BCUT2D eigenvalue weighted by Crippen LogP contribution is -2.15. The number of carbonyl (C=O) groups excluding carboxylic acids is 1. The van der Waals surface area contributed by atoms with E-state index >= 15 is 0 Å². The number of anilines is 1. The molecule has 1 aromatic heterocycles. The second-order valence-electron chi connectivity index (χ2n) is 6.10. The summed E-state index contributed by atoms with van der Waals surface area (Å²) in [6.45, 7) is 4.33. The van der Waals surface area contributed by atoms with Crippen LogP contribution >= 0.6 is 23.4 Å². The van der Waals surface area contributed by atoms with Crippen LogP contribution in [0, 0.1) is 0 Å². The molecule has 0 bridgehead atoms. The van der Waals surface area contributed by atoms with Gasteiger partial charge in [0.2, 0.25) is 5.91 Å². The number of ether oxygens (including phenoxy) is 2. The van der Waals surface area contributed by atoms with Crippen LogP contribution < -0.4 is 14.8 Å². The van der Waals surface area contributed by atoms with E-state index in [2.05, 4.69) is 22.1 Å². The largest absolute Gasteiger partial charge is 0.495 e. The van der Waals surface area contributed by atoms with Crippen LogP contribution in [0.15, 0.2) is 60.3 Å². The van der Waals surface area contributed by atoms with Crippen LogP contribution in [0.5, 0.6) is 11.5 Å². The maximum Gasteiger partial charge on any atom is 0.234 e. The zero-order valence-electron chi connectivity index (χ0n) is 16.6. The molecule has 3 rings (SSSR count). The third-order valence-corrected chi connectivity index (χ3v) is 5.40. The second-order valence-corrected chi connectivity index (χ2v) is 7.45. The predicted molar refractivity (Wildman–Crippen MR) is 120 cm³/mol. The maximum atomic E-state index is 12.5. The molecule has 156 valence electrons. The molecule has 0 aliphatic carbocycles. The zero-order chi connectivity index (χ0) is 21.5. The van der Waals surface area contributed by atoms with E-state index in [1.54, 1.807) is 18.2 Å². The zero-order valence-corrected chi connectivity index (χ0v) is 18.2. The summed E-state index contributed by atoms with van der Waals surface area (Å²) in [7, 11) is 3.01. The first-order valence-electron chi connectivity index (χ1n) is 9.01. The molecule has 0 aliphatic heterocycles. The normalized spacial score (nSPS) is 10.5. The van der Waals surface area contributed by atoms with Crippen molar-refractivity contribution in [2.45, 2.75) is 11.7 Å². The molecular weight excluding hydrogens is 424 g/mol. The summed E-state index contributed by atoms with van der Waals surface area (Å²) < 4.78 is 12.4. The molecule has 0 fully saturated rings. The standard InChI is InChI=1S/C21H21ClN4O3S/c1-4-10-26-20(14-8-6-5-7-9-14)24-25-21(26)30-13-19(27)23-16-12-17(28-2)15(22)11-18(16)29-3/h4-9,11-12H,1,10,13H2,2-3H3,(H,23,27). The minimum atomic E-state index is -0.225. The Morgan fingerprint density at radius 3 is 2.60 bits per heavy atom. The van der Waals surface area contributed by atoms with Gasteiger partial charge < -0.3 is 14.8 Å². The highest BCUT2D eigenvalue weighted by Gasteiger charge is 2.16. The van der Waals surface area contributed by atoms with Gasteiger partial charge in [-0.2, -0.15) is 0 Å². The molecular formula is C21H21ClN4O3S. The summed E-state index contributed by atoms with van der Waals surface area (Å²) in [4.78, 5) is 12.5. The minimum absolute atomic E-state index is 0.137. The molecule has 0 saturated carbocycles. The Balaban J connectivity index is 1.74. The van der Waals surface area contributed by atoms with Crippen LogP contribution in [-0.2, 0) is 11.3 Å². The fourth-order valence-electron chi connectivity index (χ4n) is 2.76. The molecule has 2 aromatic carbocycles. The van der Waals surface area contributed by atoms with Crippen molar-refractivity contribution >= 4 is 35.0 Å². The molecule has 0 atom stereocenters. The van der Waals surface area contributed by atoms with Gasteiger partial charge in [0.05, 0.1) is 30.7 Å². The summed E-state index contributed by atoms with van der Waals surface area (Å²) in [6, 6.07) is 13.0. The number of carbonyl (C=O) groups is 1. The van der Waals surface area contributed by atoms with E-state index in [4.69, 9.17) is 21.1 Å².